The summed E-state index contributed by atoms with van der Waals surface area (Å²) in [5.74, 6) is 1.65. The Morgan fingerprint density at radius 3 is 1.74 bits per heavy atom. The highest BCUT2D eigenvalue weighted by atomic mass is 16.2. The first-order valence-corrected chi connectivity index (χ1v) is 18.6. The summed E-state index contributed by atoms with van der Waals surface area (Å²) in [6.07, 6.45) is 20.0. The normalized spacial score (nSPS) is 14.6. The molecule has 57 heavy (non-hydrogen) atoms. The first-order valence-electron chi connectivity index (χ1n) is 18.6. The Balaban J connectivity index is 0.000000160. The molecule has 2 aliphatic rings. The number of fused-ring (bicyclic) bond motifs is 1. The highest BCUT2D eigenvalue weighted by Crippen LogP contribution is 2.29. The van der Waals surface area contributed by atoms with E-state index in [0.717, 1.165) is 64.6 Å². The maximum atomic E-state index is 11.9. The molecule has 4 amide bonds. The summed E-state index contributed by atoms with van der Waals surface area (Å²) in [7, 11) is 0. The Kier molecular flexibility index (Phi) is 10.1. The summed E-state index contributed by atoms with van der Waals surface area (Å²) in [4.78, 5) is 48.3. The first kappa shape index (κ1) is 36.6. The molecule has 0 spiro atoms. The molecule has 0 saturated heterocycles. The van der Waals surface area contributed by atoms with Crippen LogP contribution < -0.4 is 32.7 Å². The van der Waals surface area contributed by atoms with Crippen LogP contribution in [0, 0.1) is 0 Å². The maximum Gasteiger partial charge on any atom is 0.315 e. The highest BCUT2D eigenvalue weighted by Gasteiger charge is 2.25. The standard InChI is InChI=1S/C20H20N8O.C19H22N8O/c1-12(26-20(29)27-15-3-4-15)13-2-5-17(22-8-13)28-10-14(9-25-28)16-6-7-21-19-18(16)23-11-24-19;1-11(25-19(28)26-14-3-4-14)12-2-5-16(23-8-12)27-10-13(9-24-27)15-6-7-22-18(21)17(15)20/h2,5-12,15H,3-4H2,1H3,(H,21,23,24)(H2,26,27,29);2,5-11,14H,3-4,20H2,1H3,(H2,21,22)(H2,25,26,28). The molecule has 9 rings (SSSR count). The number of hydrogen-bond acceptors (Lipinski definition) is 11. The lowest BCUT2D eigenvalue weighted by Crippen LogP contribution is -2.38. The number of carbonyl (C=O) groups is 2. The predicted molar refractivity (Wildman–Crippen MR) is 214 cm³/mol. The number of nitrogens with one attached hydrogen (secondary N) is 5. The Morgan fingerprint density at radius 2 is 1.21 bits per heavy atom. The van der Waals surface area contributed by atoms with Crippen molar-refractivity contribution < 1.29 is 9.59 Å². The topological polar surface area (TPSA) is 250 Å². The maximum absolute atomic E-state index is 11.9. The third-order valence-corrected chi connectivity index (χ3v) is 9.67. The molecule has 9 N–H and O–H groups in total. The molecule has 0 radical (unpaired) electrons. The minimum absolute atomic E-state index is 0.131. The monoisotopic (exact) mass is 766 g/mol. The van der Waals surface area contributed by atoms with Crippen LogP contribution in [-0.4, -0.2) is 73.6 Å². The minimum atomic E-state index is -0.148. The molecule has 7 heterocycles. The third-order valence-electron chi connectivity index (χ3n) is 9.67. The fourth-order valence-electron chi connectivity index (χ4n) is 6.05. The smallest absolute Gasteiger partial charge is 0.315 e. The fraction of sp³-hybridized carbons (Fsp3) is 0.256. The van der Waals surface area contributed by atoms with E-state index in [1.165, 1.54) is 0 Å². The van der Waals surface area contributed by atoms with E-state index in [1.54, 1.807) is 58.9 Å². The number of rotatable bonds is 10. The van der Waals surface area contributed by atoms with Crippen molar-refractivity contribution in [3.05, 3.63) is 103 Å². The van der Waals surface area contributed by atoms with E-state index in [0.29, 0.717) is 40.9 Å². The van der Waals surface area contributed by atoms with Crippen molar-refractivity contribution in [3.63, 3.8) is 0 Å². The molecule has 290 valence electrons. The van der Waals surface area contributed by atoms with Crippen molar-refractivity contribution in [2.45, 2.75) is 63.7 Å². The molecular formula is C39H42N16O2. The number of nitrogens with two attached hydrogens (primary N) is 2. The molecule has 18 heteroatoms. The minimum Gasteiger partial charge on any atom is -0.395 e. The number of aromatic amines is 1. The van der Waals surface area contributed by atoms with Crippen molar-refractivity contribution in [2.75, 3.05) is 11.5 Å². The average molecular weight is 767 g/mol. The van der Waals surface area contributed by atoms with E-state index in [-0.39, 0.29) is 24.1 Å². The second-order valence-electron chi connectivity index (χ2n) is 14.1. The molecule has 2 atom stereocenters. The predicted octanol–water partition coefficient (Wildman–Crippen LogP) is 4.74. The van der Waals surface area contributed by atoms with Crippen LogP contribution in [0.3, 0.4) is 0 Å². The molecule has 2 aliphatic carbocycles. The summed E-state index contributed by atoms with van der Waals surface area (Å²) in [5, 5.41) is 20.5. The quantitative estimate of drug-likeness (QED) is 0.100. The Hall–Kier alpha value is -7.37. The zero-order valence-corrected chi connectivity index (χ0v) is 31.3. The van der Waals surface area contributed by atoms with E-state index in [2.05, 4.69) is 61.4 Å². The fourth-order valence-corrected chi connectivity index (χ4v) is 6.05. The number of nitrogens with zero attached hydrogens (tertiary/aromatic N) is 9. The van der Waals surface area contributed by atoms with Crippen molar-refractivity contribution in [1.29, 1.82) is 0 Å². The van der Waals surface area contributed by atoms with Gasteiger partial charge in [0.1, 0.15) is 5.82 Å². The van der Waals surface area contributed by atoms with Gasteiger partial charge in [-0.2, -0.15) is 10.2 Å². The van der Waals surface area contributed by atoms with Crippen molar-refractivity contribution in [2.24, 2.45) is 0 Å². The number of urea groups is 2. The Morgan fingerprint density at radius 1 is 0.684 bits per heavy atom. The highest BCUT2D eigenvalue weighted by molar-refractivity contribution is 5.89. The lowest BCUT2D eigenvalue weighted by molar-refractivity contribution is 0.236. The number of H-pyrrole nitrogens is 1. The number of imidazole rings is 1. The van der Waals surface area contributed by atoms with Crippen LogP contribution in [0.25, 0.3) is 45.1 Å². The Labute approximate surface area is 326 Å². The summed E-state index contributed by atoms with van der Waals surface area (Å²) in [6, 6.07) is 11.4. The number of anilines is 2. The van der Waals surface area contributed by atoms with Gasteiger partial charge in [0.25, 0.3) is 0 Å². The molecule has 7 aromatic rings. The van der Waals surface area contributed by atoms with E-state index >= 15 is 0 Å². The van der Waals surface area contributed by atoms with Crippen LogP contribution in [0.5, 0.6) is 0 Å². The number of nitrogen functional groups attached to an aromatic ring is 2. The SMILES string of the molecule is CC(NC(=O)NC1CC1)c1ccc(-n2cc(-c3ccnc(N)c3N)cn2)nc1.CC(NC(=O)NC1CC1)c1ccc(-n2cc(-c3ccnc4nc[nH]c34)cn2)nc1. The van der Waals surface area contributed by atoms with Gasteiger partial charge in [-0.15, -0.1) is 0 Å². The van der Waals surface area contributed by atoms with Gasteiger partial charge in [0, 0.05) is 71.5 Å². The van der Waals surface area contributed by atoms with Gasteiger partial charge in [-0.3, -0.25) is 0 Å². The summed E-state index contributed by atoms with van der Waals surface area (Å²) < 4.78 is 3.38. The molecule has 0 aliphatic heterocycles. The van der Waals surface area contributed by atoms with Gasteiger partial charge in [0.05, 0.1) is 42.0 Å². The van der Waals surface area contributed by atoms with Crippen molar-refractivity contribution in [1.82, 2.24) is 70.7 Å². The molecule has 0 aromatic carbocycles. The second kappa shape index (κ2) is 15.8. The van der Waals surface area contributed by atoms with E-state index in [9.17, 15) is 9.59 Å². The van der Waals surface area contributed by atoms with Gasteiger partial charge in [-0.1, -0.05) is 12.1 Å². The number of hydrogen-bond donors (Lipinski definition) is 7. The molecule has 2 fully saturated rings. The number of pyridine rings is 4. The van der Waals surface area contributed by atoms with Gasteiger partial charge >= 0.3 is 12.1 Å². The van der Waals surface area contributed by atoms with Crippen LogP contribution in [0.2, 0.25) is 0 Å². The van der Waals surface area contributed by atoms with Gasteiger partial charge in [0.15, 0.2) is 17.3 Å². The van der Waals surface area contributed by atoms with Gasteiger partial charge in [-0.25, -0.2) is 43.9 Å². The van der Waals surface area contributed by atoms with Crippen molar-refractivity contribution >= 4 is 34.7 Å². The second-order valence-corrected chi connectivity index (χ2v) is 14.1. The van der Waals surface area contributed by atoms with Crippen LogP contribution in [-0.2, 0) is 0 Å². The number of carbonyl (C=O) groups excluding carboxylic acids is 2. The largest absolute Gasteiger partial charge is 0.395 e. The van der Waals surface area contributed by atoms with Gasteiger partial charge in [0.2, 0.25) is 0 Å². The van der Waals surface area contributed by atoms with Crippen LogP contribution in [0.15, 0.2) is 92.3 Å². The van der Waals surface area contributed by atoms with Crippen molar-refractivity contribution in [3.8, 4) is 33.9 Å². The molecule has 2 saturated carbocycles. The van der Waals surface area contributed by atoms with E-state index in [1.807, 2.05) is 56.6 Å². The average Bonchev–Trinajstić information content (AvgIpc) is 4.00. The van der Waals surface area contributed by atoms with Crippen LogP contribution >= 0.6 is 0 Å². The van der Waals surface area contributed by atoms with E-state index < -0.39 is 0 Å². The Bertz CT molecular complexity index is 2500. The zero-order chi connectivity index (χ0) is 39.5. The van der Waals surface area contributed by atoms with Crippen LogP contribution in [0.1, 0.15) is 62.7 Å². The molecule has 18 nitrogen and oxygen atoms in total. The summed E-state index contributed by atoms with van der Waals surface area (Å²) in [6.45, 7) is 3.86. The zero-order valence-electron chi connectivity index (χ0n) is 31.3. The lowest BCUT2D eigenvalue weighted by atomic mass is 10.1. The third kappa shape index (κ3) is 8.64. The van der Waals surface area contributed by atoms with Gasteiger partial charge < -0.3 is 37.7 Å². The molecule has 7 aromatic heterocycles. The lowest BCUT2D eigenvalue weighted by Gasteiger charge is -2.15. The molecule has 0 bridgehead atoms. The van der Waals surface area contributed by atoms with E-state index in [4.69, 9.17) is 11.5 Å². The first-order chi connectivity index (χ1) is 27.7. The summed E-state index contributed by atoms with van der Waals surface area (Å²) in [5.41, 5.74) is 19.1. The van der Waals surface area contributed by atoms with Gasteiger partial charge in [-0.05, 0) is 74.9 Å². The van der Waals surface area contributed by atoms with Crippen LogP contribution in [0.4, 0.5) is 21.1 Å². The molecule has 2 unspecified atom stereocenters. The number of amides is 4. The summed E-state index contributed by atoms with van der Waals surface area (Å²) >= 11 is 0. The number of aromatic nitrogens is 10. The molecular weight excluding hydrogens is 725 g/mol.